The van der Waals surface area contributed by atoms with Gasteiger partial charge in [-0.15, -0.1) is 0 Å². The van der Waals surface area contributed by atoms with Crippen molar-refractivity contribution >= 4 is 28.6 Å². The molecule has 0 radical (unpaired) electrons. The number of piperidine rings is 1. The maximum Gasteiger partial charge on any atom is 0.303 e. The van der Waals surface area contributed by atoms with Crippen molar-refractivity contribution in [3.05, 3.63) is 48.0 Å². The zero-order valence-electron chi connectivity index (χ0n) is 18.5. The lowest BCUT2D eigenvalue weighted by Crippen LogP contribution is -2.52. The number of carbonyl (C=O) groups is 3. The van der Waals surface area contributed by atoms with Gasteiger partial charge in [0.05, 0.1) is 0 Å². The zero-order valence-corrected chi connectivity index (χ0v) is 18.5. The van der Waals surface area contributed by atoms with E-state index in [9.17, 15) is 14.4 Å². The quantitative estimate of drug-likeness (QED) is 0.704. The highest BCUT2D eigenvalue weighted by molar-refractivity contribution is 6.00. The van der Waals surface area contributed by atoms with E-state index in [4.69, 9.17) is 5.11 Å². The fraction of sp³-hybridized carbons (Fsp3) is 0.500. The largest absolute Gasteiger partial charge is 0.481 e. The molecule has 0 bridgehead atoms. The lowest BCUT2D eigenvalue weighted by atomic mass is 9.68. The average molecular weight is 437 g/mol. The van der Waals surface area contributed by atoms with Crippen LogP contribution in [0.3, 0.4) is 0 Å². The molecule has 0 aromatic heterocycles. The number of aliphatic carboxylic acids is 1. The van der Waals surface area contributed by atoms with Crippen LogP contribution in [-0.2, 0) is 9.59 Å². The minimum Gasteiger partial charge on any atom is -0.481 e. The summed E-state index contributed by atoms with van der Waals surface area (Å²) in [6.07, 6.45) is 8.29. The fourth-order valence-corrected chi connectivity index (χ4v) is 5.32. The number of fused-ring (bicyclic) bond motifs is 1. The SMILES string of the molecule is O=C(O)CCC(NC(=O)c1ccc2ccccc2c1)C(=O)N1CCC2(CCCCC2)CC1. The number of carboxylic acid groups (broad SMARTS) is 1. The second-order valence-electron chi connectivity index (χ2n) is 9.41. The molecule has 2 aliphatic rings. The third kappa shape index (κ3) is 5.12. The normalized spacial score (nSPS) is 18.9. The van der Waals surface area contributed by atoms with Crippen molar-refractivity contribution in [2.24, 2.45) is 5.41 Å². The Kier molecular flexibility index (Phi) is 6.77. The number of hydrogen-bond donors (Lipinski definition) is 2. The molecule has 1 unspecified atom stereocenters. The van der Waals surface area contributed by atoms with Gasteiger partial charge in [-0.3, -0.25) is 14.4 Å². The van der Waals surface area contributed by atoms with Crippen molar-refractivity contribution in [3.8, 4) is 0 Å². The van der Waals surface area contributed by atoms with E-state index >= 15 is 0 Å². The van der Waals surface area contributed by atoms with Crippen LogP contribution in [0.4, 0.5) is 0 Å². The molecular weight excluding hydrogens is 404 g/mol. The van der Waals surface area contributed by atoms with Gasteiger partial charge in [0.25, 0.3) is 5.91 Å². The van der Waals surface area contributed by atoms with Gasteiger partial charge in [-0.2, -0.15) is 0 Å². The van der Waals surface area contributed by atoms with Gasteiger partial charge in [0.15, 0.2) is 0 Å². The van der Waals surface area contributed by atoms with Crippen LogP contribution < -0.4 is 5.32 Å². The second kappa shape index (κ2) is 9.72. The maximum atomic E-state index is 13.3. The average Bonchev–Trinajstić information content (AvgIpc) is 2.82. The lowest BCUT2D eigenvalue weighted by Gasteiger charge is -2.45. The first-order valence-electron chi connectivity index (χ1n) is 11.8. The van der Waals surface area contributed by atoms with Crippen molar-refractivity contribution in [2.45, 2.75) is 63.8 Å². The Labute approximate surface area is 189 Å². The Hall–Kier alpha value is -2.89. The van der Waals surface area contributed by atoms with Crippen molar-refractivity contribution in [1.29, 1.82) is 0 Å². The highest BCUT2D eigenvalue weighted by Gasteiger charge is 2.38. The number of likely N-dealkylation sites (tertiary alicyclic amines) is 1. The molecule has 2 N–H and O–H groups in total. The van der Waals surface area contributed by atoms with Gasteiger partial charge in [-0.25, -0.2) is 0 Å². The van der Waals surface area contributed by atoms with E-state index in [2.05, 4.69) is 5.32 Å². The molecule has 1 heterocycles. The van der Waals surface area contributed by atoms with Gasteiger partial charge in [0.2, 0.25) is 5.91 Å². The van der Waals surface area contributed by atoms with Crippen LogP contribution in [0.2, 0.25) is 0 Å². The third-order valence-corrected chi connectivity index (χ3v) is 7.31. The second-order valence-corrected chi connectivity index (χ2v) is 9.41. The summed E-state index contributed by atoms with van der Waals surface area (Å²) >= 11 is 0. The van der Waals surface area contributed by atoms with Gasteiger partial charge in [-0.1, -0.05) is 49.6 Å². The Balaban J connectivity index is 1.44. The molecule has 1 spiro atoms. The smallest absolute Gasteiger partial charge is 0.303 e. The molecule has 6 nitrogen and oxygen atoms in total. The van der Waals surface area contributed by atoms with Crippen LogP contribution in [0, 0.1) is 5.41 Å². The first-order chi connectivity index (χ1) is 15.5. The topological polar surface area (TPSA) is 86.7 Å². The van der Waals surface area contributed by atoms with Gasteiger partial charge in [0.1, 0.15) is 6.04 Å². The number of amides is 2. The van der Waals surface area contributed by atoms with Crippen LogP contribution >= 0.6 is 0 Å². The minimum atomic E-state index is -0.970. The predicted molar refractivity (Wildman–Crippen MR) is 123 cm³/mol. The van der Waals surface area contributed by atoms with E-state index in [0.717, 1.165) is 23.6 Å². The highest BCUT2D eigenvalue weighted by Crippen LogP contribution is 2.44. The summed E-state index contributed by atoms with van der Waals surface area (Å²) in [6, 6.07) is 12.4. The van der Waals surface area contributed by atoms with Gasteiger partial charge >= 0.3 is 5.97 Å². The van der Waals surface area contributed by atoms with E-state index in [1.165, 1.54) is 32.1 Å². The third-order valence-electron chi connectivity index (χ3n) is 7.31. The molecule has 1 aliphatic heterocycles. The van der Waals surface area contributed by atoms with E-state index in [1.807, 2.05) is 35.2 Å². The Morgan fingerprint density at radius 3 is 2.31 bits per heavy atom. The van der Waals surface area contributed by atoms with Crippen LogP contribution in [0.25, 0.3) is 10.8 Å². The molecule has 32 heavy (non-hydrogen) atoms. The summed E-state index contributed by atoms with van der Waals surface area (Å²) in [5, 5.41) is 14.0. The zero-order chi connectivity index (χ0) is 22.6. The fourth-order valence-electron chi connectivity index (χ4n) is 5.32. The Morgan fingerprint density at radius 2 is 1.62 bits per heavy atom. The molecule has 1 aliphatic carbocycles. The van der Waals surface area contributed by atoms with Crippen LogP contribution in [0.5, 0.6) is 0 Å². The van der Waals surface area contributed by atoms with Crippen molar-refractivity contribution in [2.75, 3.05) is 13.1 Å². The Morgan fingerprint density at radius 1 is 0.938 bits per heavy atom. The summed E-state index contributed by atoms with van der Waals surface area (Å²) in [7, 11) is 0. The standard InChI is InChI=1S/C26H32N2O4/c29-23(30)11-10-22(25(32)28-16-14-26(15-17-28)12-4-1-5-13-26)27-24(31)21-9-8-19-6-2-3-7-20(19)18-21/h2-3,6-9,18,22H,1,4-5,10-17H2,(H,27,31)(H,29,30). The van der Waals surface area contributed by atoms with Gasteiger partial charge in [-0.05, 0) is 60.4 Å². The number of benzene rings is 2. The van der Waals surface area contributed by atoms with Crippen LogP contribution in [-0.4, -0.2) is 46.9 Å². The maximum absolute atomic E-state index is 13.3. The predicted octanol–water partition coefficient (Wildman–Crippen LogP) is 4.38. The summed E-state index contributed by atoms with van der Waals surface area (Å²) in [5.41, 5.74) is 0.844. The minimum absolute atomic E-state index is 0.0924. The summed E-state index contributed by atoms with van der Waals surface area (Å²) in [6.45, 7) is 1.38. The van der Waals surface area contributed by atoms with E-state index in [0.29, 0.717) is 24.1 Å². The van der Waals surface area contributed by atoms with Crippen molar-refractivity contribution in [1.82, 2.24) is 10.2 Å². The van der Waals surface area contributed by atoms with E-state index in [-0.39, 0.29) is 24.7 Å². The molecular formula is C26H32N2O4. The Bertz CT molecular complexity index is 986. The van der Waals surface area contributed by atoms with E-state index in [1.54, 1.807) is 12.1 Å². The highest BCUT2D eigenvalue weighted by atomic mass is 16.4. The molecule has 1 atom stereocenters. The summed E-state index contributed by atoms with van der Waals surface area (Å²) < 4.78 is 0. The summed E-state index contributed by atoms with van der Waals surface area (Å²) in [5.74, 6) is -1.48. The number of rotatable bonds is 6. The van der Waals surface area contributed by atoms with Gasteiger partial charge in [0, 0.05) is 25.1 Å². The van der Waals surface area contributed by atoms with Crippen molar-refractivity contribution < 1.29 is 19.5 Å². The number of carbonyl (C=O) groups excluding carboxylic acids is 2. The number of nitrogens with zero attached hydrogens (tertiary/aromatic N) is 1. The molecule has 2 amide bonds. The molecule has 2 aromatic carbocycles. The van der Waals surface area contributed by atoms with Crippen LogP contribution in [0.15, 0.2) is 42.5 Å². The molecule has 1 saturated heterocycles. The number of hydrogen-bond acceptors (Lipinski definition) is 3. The van der Waals surface area contributed by atoms with E-state index < -0.39 is 12.0 Å². The molecule has 2 aromatic rings. The van der Waals surface area contributed by atoms with Crippen molar-refractivity contribution in [3.63, 3.8) is 0 Å². The number of carboxylic acids is 1. The molecule has 2 fully saturated rings. The number of nitrogens with one attached hydrogen (secondary N) is 1. The van der Waals surface area contributed by atoms with Gasteiger partial charge < -0.3 is 15.3 Å². The molecule has 4 rings (SSSR count). The lowest BCUT2D eigenvalue weighted by molar-refractivity contribution is -0.138. The molecule has 6 heteroatoms. The molecule has 1 saturated carbocycles. The first-order valence-corrected chi connectivity index (χ1v) is 11.8. The molecule has 170 valence electrons. The monoisotopic (exact) mass is 436 g/mol. The summed E-state index contributed by atoms with van der Waals surface area (Å²) in [4.78, 5) is 39.2. The van der Waals surface area contributed by atoms with Crippen LogP contribution in [0.1, 0.15) is 68.1 Å². The first kappa shape index (κ1) is 22.3.